The van der Waals surface area contributed by atoms with E-state index in [0.717, 1.165) is 4.40 Å². The summed E-state index contributed by atoms with van der Waals surface area (Å²) in [5, 5.41) is 0. The Balaban J connectivity index is 2.99. The second kappa shape index (κ2) is 3.37. The van der Waals surface area contributed by atoms with Crippen molar-refractivity contribution < 1.29 is 13.2 Å². The van der Waals surface area contributed by atoms with Gasteiger partial charge in [0.05, 0.1) is 0 Å². The normalized spacial score (nSPS) is 12.0. The SMILES string of the molecule is Cc1c(C(F)(F)F)n2ccccc2cc1=O. The summed E-state index contributed by atoms with van der Waals surface area (Å²) < 4.78 is 39.4. The van der Waals surface area contributed by atoms with Gasteiger partial charge in [-0.3, -0.25) is 4.79 Å². The number of hydrogen-bond acceptors (Lipinski definition) is 1. The third kappa shape index (κ3) is 1.58. The molecule has 0 aliphatic carbocycles. The molecule has 2 aromatic heterocycles. The predicted molar refractivity (Wildman–Crippen MR) is 53.4 cm³/mol. The van der Waals surface area contributed by atoms with Gasteiger partial charge in [-0.2, -0.15) is 13.2 Å². The second-order valence-electron chi connectivity index (χ2n) is 3.48. The first-order valence-corrected chi connectivity index (χ1v) is 4.59. The minimum absolute atomic E-state index is 0.241. The first-order valence-electron chi connectivity index (χ1n) is 4.59. The van der Waals surface area contributed by atoms with Crippen molar-refractivity contribution in [2.45, 2.75) is 13.1 Å². The first-order chi connectivity index (χ1) is 7.41. The number of nitrogens with zero attached hydrogens (tertiary/aromatic N) is 1. The molecule has 0 aliphatic rings. The molecule has 0 aromatic carbocycles. The van der Waals surface area contributed by atoms with Crippen LogP contribution in [-0.4, -0.2) is 4.40 Å². The Morgan fingerprint density at radius 2 is 1.94 bits per heavy atom. The predicted octanol–water partition coefficient (Wildman–Crippen LogP) is 2.63. The molecule has 0 atom stereocenters. The highest BCUT2D eigenvalue weighted by molar-refractivity contribution is 5.49. The average molecular weight is 227 g/mol. The van der Waals surface area contributed by atoms with Gasteiger partial charge in [-0.1, -0.05) is 6.07 Å². The molecule has 16 heavy (non-hydrogen) atoms. The molecule has 0 aliphatic heterocycles. The van der Waals surface area contributed by atoms with E-state index in [0.29, 0.717) is 0 Å². The molecule has 0 fully saturated rings. The van der Waals surface area contributed by atoms with Crippen LogP contribution >= 0.6 is 0 Å². The van der Waals surface area contributed by atoms with Crippen LogP contribution in [0.1, 0.15) is 11.3 Å². The van der Waals surface area contributed by atoms with Gasteiger partial charge in [0.15, 0.2) is 5.43 Å². The lowest BCUT2D eigenvalue weighted by atomic mass is 10.1. The number of pyridine rings is 2. The van der Waals surface area contributed by atoms with Gasteiger partial charge in [0.2, 0.25) is 0 Å². The smallest absolute Gasteiger partial charge is 0.312 e. The second-order valence-corrected chi connectivity index (χ2v) is 3.48. The maximum Gasteiger partial charge on any atom is 0.432 e. The van der Waals surface area contributed by atoms with Crippen molar-refractivity contribution in [2.75, 3.05) is 0 Å². The Bertz CT molecular complexity index is 598. The van der Waals surface area contributed by atoms with Crippen LogP contribution in [0, 0.1) is 6.92 Å². The van der Waals surface area contributed by atoms with E-state index in [9.17, 15) is 18.0 Å². The molecule has 2 nitrogen and oxygen atoms in total. The quantitative estimate of drug-likeness (QED) is 0.677. The van der Waals surface area contributed by atoms with Gasteiger partial charge < -0.3 is 4.40 Å². The molecule has 0 amide bonds. The van der Waals surface area contributed by atoms with Crippen LogP contribution in [0.4, 0.5) is 13.2 Å². The minimum atomic E-state index is -4.53. The Hall–Kier alpha value is -1.78. The van der Waals surface area contributed by atoms with E-state index in [2.05, 4.69) is 0 Å². The standard InChI is InChI=1S/C11H8F3NO/c1-7-9(16)6-8-4-2-3-5-15(8)10(7)11(12,13)14/h2-6H,1H3. The number of alkyl halides is 3. The van der Waals surface area contributed by atoms with Gasteiger partial charge in [0.1, 0.15) is 5.69 Å². The molecule has 0 saturated heterocycles. The summed E-state index contributed by atoms with van der Waals surface area (Å²) in [5.41, 5.74) is -1.55. The molecule has 2 heterocycles. The highest BCUT2D eigenvalue weighted by Crippen LogP contribution is 2.30. The Morgan fingerprint density at radius 1 is 1.25 bits per heavy atom. The van der Waals surface area contributed by atoms with E-state index in [1.807, 2.05) is 0 Å². The molecule has 84 valence electrons. The van der Waals surface area contributed by atoms with Gasteiger partial charge in [0, 0.05) is 23.3 Å². The van der Waals surface area contributed by atoms with Crippen molar-refractivity contribution in [1.29, 1.82) is 0 Å². The van der Waals surface area contributed by atoms with Crippen molar-refractivity contribution in [1.82, 2.24) is 4.40 Å². The van der Waals surface area contributed by atoms with Gasteiger partial charge in [-0.05, 0) is 19.1 Å². The molecular weight excluding hydrogens is 219 g/mol. The molecule has 0 N–H and O–H groups in total. The molecular formula is C11H8F3NO. The van der Waals surface area contributed by atoms with Crippen LogP contribution in [0.25, 0.3) is 5.52 Å². The zero-order chi connectivity index (χ0) is 11.9. The number of hydrogen-bond donors (Lipinski definition) is 0. The number of fused-ring (bicyclic) bond motifs is 1. The lowest BCUT2D eigenvalue weighted by Crippen LogP contribution is -2.20. The summed E-state index contributed by atoms with van der Waals surface area (Å²) in [5.74, 6) is 0. The summed E-state index contributed by atoms with van der Waals surface area (Å²) in [4.78, 5) is 11.4. The number of rotatable bonds is 0. The summed E-state index contributed by atoms with van der Waals surface area (Å²) in [6.07, 6.45) is -3.24. The zero-order valence-electron chi connectivity index (χ0n) is 8.38. The summed E-state index contributed by atoms with van der Waals surface area (Å²) in [6.45, 7) is 1.19. The summed E-state index contributed by atoms with van der Waals surface area (Å²) >= 11 is 0. The summed E-state index contributed by atoms with van der Waals surface area (Å²) in [6, 6.07) is 5.75. The molecule has 0 spiro atoms. The lowest BCUT2D eigenvalue weighted by molar-refractivity contribution is -0.142. The van der Waals surface area contributed by atoms with Crippen LogP contribution in [0.5, 0.6) is 0 Å². The average Bonchev–Trinajstić information content (AvgIpc) is 2.17. The first kappa shape index (κ1) is 10.7. The molecule has 5 heteroatoms. The van der Waals surface area contributed by atoms with E-state index in [1.165, 1.54) is 31.3 Å². The maximum atomic E-state index is 12.8. The largest absolute Gasteiger partial charge is 0.432 e. The third-order valence-electron chi connectivity index (χ3n) is 2.40. The molecule has 0 radical (unpaired) electrons. The fourth-order valence-electron chi connectivity index (χ4n) is 1.67. The van der Waals surface area contributed by atoms with Gasteiger partial charge >= 0.3 is 6.18 Å². The van der Waals surface area contributed by atoms with E-state index in [4.69, 9.17) is 0 Å². The van der Waals surface area contributed by atoms with Crippen molar-refractivity contribution in [3.8, 4) is 0 Å². The highest BCUT2D eigenvalue weighted by Gasteiger charge is 2.35. The Kier molecular flexibility index (Phi) is 2.26. The topological polar surface area (TPSA) is 21.5 Å². The van der Waals surface area contributed by atoms with Crippen molar-refractivity contribution in [3.63, 3.8) is 0 Å². The Morgan fingerprint density at radius 3 is 2.56 bits per heavy atom. The van der Waals surface area contributed by atoms with Crippen LogP contribution in [0.3, 0.4) is 0 Å². The Labute approximate surface area is 88.9 Å². The molecule has 0 bridgehead atoms. The van der Waals surface area contributed by atoms with Crippen LogP contribution in [0.2, 0.25) is 0 Å². The number of halogens is 3. The van der Waals surface area contributed by atoms with E-state index in [1.54, 1.807) is 6.07 Å². The maximum absolute atomic E-state index is 12.8. The molecule has 2 aromatic rings. The van der Waals surface area contributed by atoms with E-state index >= 15 is 0 Å². The van der Waals surface area contributed by atoms with Crippen molar-refractivity contribution >= 4 is 5.52 Å². The monoisotopic (exact) mass is 227 g/mol. The molecule has 0 saturated carbocycles. The van der Waals surface area contributed by atoms with Crippen LogP contribution in [-0.2, 0) is 6.18 Å². The molecule has 2 rings (SSSR count). The number of aromatic nitrogens is 1. The van der Waals surface area contributed by atoms with Gasteiger partial charge in [-0.25, -0.2) is 0 Å². The van der Waals surface area contributed by atoms with Crippen molar-refractivity contribution in [2.24, 2.45) is 0 Å². The third-order valence-corrected chi connectivity index (χ3v) is 2.40. The van der Waals surface area contributed by atoms with Crippen LogP contribution in [0.15, 0.2) is 35.3 Å². The van der Waals surface area contributed by atoms with E-state index in [-0.39, 0.29) is 11.1 Å². The zero-order valence-corrected chi connectivity index (χ0v) is 8.38. The fraction of sp³-hybridized carbons (Fsp3) is 0.182. The van der Waals surface area contributed by atoms with Gasteiger partial charge in [-0.15, -0.1) is 0 Å². The minimum Gasteiger partial charge on any atom is -0.312 e. The van der Waals surface area contributed by atoms with Gasteiger partial charge in [0.25, 0.3) is 0 Å². The highest BCUT2D eigenvalue weighted by atomic mass is 19.4. The fourth-order valence-corrected chi connectivity index (χ4v) is 1.67. The van der Waals surface area contributed by atoms with Crippen molar-refractivity contribution in [3.05, 3.63) is 51.9 Å². The van der Waals surface area contributed by atoms with Crippen LogP contribution < -0.4 is 5.43 Å². The molecule has 0 unspecified atom stereocenters. The lowest BCUT2D eigenvalue weighted by Gasteiger charge is -2.14. The van der Waals surface area contributed by atoms with E-state index < -0.39 is 17.3 Å². The summed E-state index contributed by atoms with van der Waals surface area (Å²) in [7, 11) is 0.